The number of hydrogen-bond acceptors (Lipinski definition) is 5. The first-order valence-electron chi connectivity index (χ1n) is 12.2. The normalized spacial score (nSPS) is 13.9. The number of carboxylic acids is 1. The highest BCUT2D eigenvalue weighted by Gasteiger charge is 2.25. The van der Waals surface area contributed by atoms with Gasteiger partial charge in [0.2, 0.25) is 0 Å². The van der Waals surface area contributed by atoms with Gasteiger partial charge in [-0.2, -0.15) is 0 Å². The van der Waals surface area contributed by atoms with Crippen molar-refractivity contribution >= 4 is 11.8 Å². The summed E-state index contributed by atoms with van der Waals surface area (Å²) >= 11 is 0. The lowest BCUT2D eigenvalue weighted by molar-refractivity contribution is 0.0697. The number of nitrogens with zero attached hydrogens (tertiary/aromatic N) is 3. The number of rotatable bonds is 8. The van der Waals surface area contributed by atoms with Crippen LogP contribution in [-0.2, 0) is 13.2 Å². The van der Waals surface area contributed by atoms with E-state index in [4.69, 9.17) is 4.74 Å². The summed E-state index contributed by atoms with van der Waals surface area (Å²) in [6.45, 7) is 4.35. The molecule has 3 aromatic carbocycles. The average Bonchev–Trinajstić information content (AvgIpc) is 2.93. The standard InChI is InChI=1S/C30H29N3O3/c34-30(35)28-26(24-11-5-2-6-12-24)15-16-31-29(28)33-19-17-32(18-20-33)21-25-13-7-8-14-27(25)36-22-23-9-3-1-4-10-23/h1-16H,17-22H2,(H,34,35). The lowest BCUT2D eigenvalue weighted by Gasteiger charge is -2.36. The fourth-order valence-electron chi connectivity index (χ4n) is 4.63. The Morgan fingerprint density at radius 3 is 2.22 bits per heavy atom. The van der Waals surface area contributed by atoms with Crippen LogP contribution in [0.3, 0.4) is 0 Å². The van der Waals surface area contributed by atoms with E-state index in [1.807, 2.05) is 66.7 Å². The zero-order valence-electron chi connectivity index (χ0n) is 20.1. The Kier molecular flexibility index (Phi) is 7.24. The highest BCUT2D eigenvalue weighted by atomic mass is 16.5. The Morgan fingerprint density at radius 1 is 0.833 bits per heavy atom. The predicted octanol–water partition coefficient (Wildman–Crippen LogP) is 5.35. The van der Waals surface area contributed by atoms with E-state index in [-0.39, 0.29) is 5.56 Å². The zero-order chi connectivity index (χ0) is 24.7. The number of anilines is 1. The van der Waals surface area contributed by atoms with Gasteiger partial charge < -0.3 is 14.7 Å². The molecule has 1 saturated heterocycles. The maximum atomic E-state index is 12.3. The molecule has 0 atom stereocenters. The molecule has 0 amide bonds. The summed E-state index contributed by atoms with van der Waals surface area (Å²) in [5, 5.41) is 10.1. The largest absolute Gasteiger partial charge is 0.489 e. The van der Waals surface area contributed by atoms with Crippen molar-refractivity contribution in [1.29, 1.82) is 0 Å². The van der Waals surface area contributed by atoms with E-state index in [0.29, 0.717) is 31.1 Å². The average molecular weight is 480 g/mol. The first-order chi connectivity index (χ1) is 17.7. The minimum atomic E-state index is -0.955. The van der Waals surface area contributed by atoms with Gasteiger partial charge in [0, 0.05) is 50.0 Å². The monoisotopic (exact) mass is 479 g/mol. The van der Waals surface area contributed by atoms with E-state index >= 15 is 0 Å². The highest BCUT2D eigenvalue weighted by Crippen LogP contribution is 2.31. The maximum absolute atomic E-state index is 12.3. The third-order valence-electron chi connectivity index (χ3n) is 6.51. The molecule has 182 valence electrons. The van der Waals surface area contributed by atoms with Crippen molar-refractivity contribution in [2.75, 3.05) is 31.1 Å². The van der Waals surface area contributed by atoms with E-state index < -0.39 is 5.97 Å². The minimum absolute atomic E-state index is 0.261. The predicted molar refractivity (Wildman–Crippen MR) is 141 cm³/mol. The van der Waals surface area contributed by atoms with Crippen molar-refractivity contribution in [3.05, 3.63) is 114 Å². The molecule has 0 bridgehead atoms. The molecule has 1 aliphatic heterocycles. The Hall–Kier alpha value is -4.16. The zero-order valence-corrected chi connectivity index (χ0v) is 20.1. The molecular weight excluding hydrogens is 450 g/mol. The molecule has 6 heteroatoms. The first kappa shape index (κ1) is 23.6. The van der Waals surface area contributed by atoms with E-state index in [1.54, 1.807) is 12.3 Å². The fraction of sp³-hybridized carbons (Fsp3) is 0.200. The third-order valence-corrected chi connectivity index (χ3v) is 6.51. The molecule has 0 unspecified atom stereocenters. The van der Waals surface area contributed by atoms with Crippen molar-refractivity contribution in [3.8, 4) is 16.9 Å². The number of ether oxygens (including phenoxy) is 1. The van der Waals surface area contributed by atoms with E-state index in [1.165, 1.54) is 0 Å². The highest BCUT2D eigenvalue weighted by molar-refractivity contribution is 6.01. The van der Waals surface area contributed by atoms with Crippen LogP contribution in [0.2, 0.25) is 0 Å². The van der Waals surface area contributed by atoms with Gasteiger partial charge in [-0.15, -0.1) is 0 Å². The van der Waals surface area contributed by atoms with Gasteiger partial charge in [0.25, 0.3) is 0 Å². The van der Waals surface area contributed by atoms with Crippen LogP contribution in [0.1, 0.15) is 21.5 Å². The summed E-state index contributed by atoms with van der Waals surface area (Å²) in [6, 6.07) is 29.7. The quantitative estimate of drug-likeness (QED) is 0.368. The van der Waals surface area contributed by atoms with Crippen molar-refractivity contribution in [1.82, 2.24) is 9.88 Å². The van der Waals surface area contributed by atoms with Crippen molar-refractivity contribution in [3.63, 3.8) is 0 Å². The summed E-state index contributed by atoms with van der Waals surface area (Å²) in [5.74, 6) is 0.480. The van der Waals surface area contributed by atoms with Crippen LogP contribution in [0, 0.1) is 0 Å². The summed E-state index contributed by atoms with van der Waals surface area (Å²) in [6.07, 6.45) is 1.71. The number of benzene rings is 3. The number of pyridine rings is 1. The van der Waals surface area contributed by atoms with Crippen molar-refractivity contribution in [2.45, 2.75) is 13.2 Å². The van der Waals surface area contributed by atoms with E-state index in [9.17, 15) is 9.90 Å². The smallest absolute Gasteiger partial charge is 0.340 e. The number of hydrogen-bond donors (Lipinski definition) is 1. The van der Waals surface area contributed by atoms with Gasteiger partial charge in [-0.3, -0.25) is 4.90 Å². The molecule has 0 radical (unpaired) electrons. The maximum Gasteiger partial charge on any atom is 0.340 e. The van der Waals surface area contributed by atoms with Gasteiger partial charge in [0.1, 0.15) is 23.7 Å². The molecule has 36 heavy (non-hydrogen) atoms. The van der Waals surface area contributed by atoms with Crippen LogP contribution in [0.5, 0.6) is 5.75 Å². The Balaban J connectivity index is 1.27. The molecule has 1 aromatic heterocycles. The van der Waals surface area contributed by atoms with Crippen molar-refractivity contribution < 1.29 is 14.6 Å². The Labute approximate surface area is 211 Å². The second-order valence-corrected chi connectivity index (χ2v) is 8.87. The Bertz CT molecular complexity index is 1300. The molecule has 0 aliphatic carbocycles. The molecule has 2 heterocycles. The lowest BCUT2D eigenvalue weighted by atomic mass is 10.0. The second-order valence-electron chi connectivity index (χ2n) is 8.87. The molecule has 1 fully saturated rings. The molecular formula is C30H29N3O3. The van der Waals surface area contributed by atoms with Crippen molar-refractivity contribution in [2.24, 2.45) is 0 Å². The topological polar surface area (TPSA) is 65.9 Å². The fourth-order valence-corrected chi connectivity index (χ4v) is 4.63. The molecule has 4 aromatic rings. The molecule has 6 nitrogen and oxygen atoms in total. The number of carboxylic acid groups (broad SMARTS) is 1. The summed E-state index contributed by atoms with van der Waals surface area (Å²) in [7, 11) is 0. The summed E-state index contributed by atoms with van der Waals surface area (Å²) in [4.78, 5) is 21.2. The molecule has 5 rings (SSSR count). The number of aromatic carboxylic acids is 1. The van der Waals surface area contributed by atoms with Crippen LogP contribution >= 0.6 is 0 Å². The molecule has 0 saturated carbocycles. The number of aromatic nitrogens is 1. The van der Waals surface area contributed by atoms with Crippen LogP contribution < -0.4 is 9.64 Å². The van der Waals surface area contributed by atoms with Crippen LogP contribution in [0.15, 0.2) is 97.2 Å². The molecule has 1 aliphatic rings. The molecule has 1 N–H and O–H groups in total. The van der Waals surface area contributed by atoms with Gasteiger partial charge >= 0.3 is 5.97 Å². The second kappa shape index (κ2) is 11.1. The SMILES string of the molecule is O=C(O)c1c(-c2ccccc2)ccnc1N1CCN(Cc2ccccc2OCc2ccccc2)CC1. The van der Waals surface area contributed by atoms with E-state index in [0.717, 1.165) is 42.1 Å². The van der Waals surface area contributed by atoms with Crippen LogP contribution in [-0.4, -0.2) is 47.1 Å². The van der Waals surface area contributed by atoms with Gasteiger partial charge in [0.15, 0.2) is 0 Å². The van der Waals surface area contributed by atoms with Crippen LogP contribution in [0.4, 0.5) is 5.82 Å². The number of carbonyl (C=O) groups is 1. The first-order valence-corrected chi connectivity index (χ1v) is 12.2. The van der Waals surface area contributed by atoms with Gasteiger partial charge in [-0.25, -0.2) is 9.78 Å². The number of para-hydroxylation sites is 1. The Morgan fingerprint density at radius 2 is 1.50 bits per heavy atom. The minimum Gasteiger partial charge on any atom is -0.489 e. The van der Waals surface area contributed by atoms with Crippen LogP contribution in [0.25, 0.3) is 11.1 Å². The molecule has 0 spiro atoms. The van der Waals surface area contributed by atoms with Gasteiger partial charge in [0.05, 0.1) is 0 Å². The lowest BCUT2D eigenvalue weighted by Crippen LogP contribution is -2.46. The summed E-state index contributed by atoms with van der Waals surface area (Å²) < 4.78 is 6.14. The summed E-state index contributed by atoms with van der Waals surface area (Å²) in [5.41, 5.74) is 4.12. The van der Waals surface area contributed by atoms with E-state index in [2.05, 4.69) is 33.0 Å². The third kappa shape index (κ3) is 5.39. The number of piperazine rings is 1. The van der Waals surface area contributed by atoms with Gasteiger partial charge in [-0.05, 0) is 23.3 Å². The van der Waals surface area contributed by atoms with Gasteiger partial charge in [-0.1, -0.05) is 78.9 Å².